The Morgan fingerprint density at radius 1 is 1.71 bits per heavy atom. The van der Waals surface area contributed by atoms with Crippen LogP contribution in [0.15, 0.2) is 16.7 Å². The van der Waals surface area contributed by atoms with Crippen LogP contribution in [-0.2, 0) is 0 Å². The Kier molecular flexibility index (Phi) is 4.28. The van der Waals surface area contributed by atoms with Crippen LogP contribution in [0, 0.1) is 5.82 Å². The fraction of sp³-hybridized carbons (Fsp3) is 0.444. The van der Waals surface area contributed by atoms with Crippen molar-refractivity contribution in [2.45, 2.75) is 13.0 Å². The minimum Gasteiger partial charge on any atom is -0.471 e. The van der Waals surface area contributed by atoms with Gasteiger partial charge in [-0.2, -0.15) is 0 Å². The first-order chi connectivity index (χ1) is 6.63. The maximum absolute atomic E-state index is 13.2. The molecule has 0 aliphatic heterocycles. The average molecular weight is 263 g/mol. The molecule has 1 unspecified atom stereocenters. The fourth-order valence-corrected chi connectivity index (χ4v) is 1.31. The third-order valence-electron chi connectivity index (χ3n) is 1.58. The Bertz CT molecular complexity index is 309. The number of halogens is 2. The second-order valence-electron chi connectivity index (χ2n) is 2.93. The zero-order valence-corrected chi connectivity index (χ0v) is 9.64. The first kappa shape index (κ1) is 11.4. The lowest BCUT2D eigenvalue weighted by Crippen LogP contribution is -2.26. The van der Waals surface area contributed by atoms with Gasteiger partial charge in [0.25, 0.3) is 5.88 Å². The predicted octanol–water partition coefficient (Wildman–Crippen LogP) is 1.97. The van der Waals surface area contributed by atoms with E-state index in [1.54, 1.807) is 0 Å². The Hall–Kier alpha value is -0.680. The molecule has 1 N–H and O–H groups in total. The highest BCUT2D eigenvalue weighted by Gasteiger charge is 2.09. The fourth-order valence-electron chi connectivity index (χ4n) is 1.01. The van der Waals surface area contributed by atoms with Crippen molar-refractivity contribution in [3.8, 4) is 5.88 Å². The number of hydrogen-bond acceptors (Lipinski definition) is 3. The van der Waals surface area contributed by atoms with E-state index >= 15 is 0 Å². The molecule has 0 aliphatic rings. The van der Waals surface area contributed by atoms with Crippen molar-refractivity contribution >= 4 is 15.9 Å². The molecule has 78 valence electrons. The van der Waals surface area contributed by atoms with E-state index in [1.165, 1.54) is 12.3 Å². The number of nitrogens with one attached hydrogen (secondary N) is 1. The molecule has 0 fully saturated rings. The Morgan fingerprint density at radius 2 is 2.43 bits per heavy atom. The maximum atomic E-state index is 13.2. The molecule has 1 rings (SSSR count). The lowest BCUT2D eigenvalue weighted by molar-refractivity contribution is 0.201. The molecule has 14 heavy (non-hydrogen) atoms. The minimum atomic E-state index is -0.456. The number of pyridine rings is 1. The highest BCUT2D eigenvalue weighted by molar-refractivity contribution is 9.10. The summed E-state index contributed by atoms with van der Waals surface area (Å²) < 4.78 is 19.1. The quantitative estimate of drug-likeness (QED) is 0.901. The van der Waals surface area contributed by atoms with Gasteiger partial charge in [-0.3, -0.25) is 0 Å². The van der Waals surface area contributed by atoms with E-state index in [4.69, 9.17) is 4.74 Å². The van der Waals surface area contributed by atoms with Crippen molar-refractivity contribution in [2.75, 3.05) is 13.6 Å². The Balaban J connectivity index is 2.67. The van der Waals surface area contributed by atoms with Gasteiger partial charge in [0.2, 0.25) is 0 Å². The number of hydrogen-bond donors (Lipinski definition) is 1. The van der Waals surface area contributed by atoms with Crippen molar-refractivity contribution in [1.82, 2.24) is 10.3 Å². The van der Waals surface area contributed by atoms with Crippen molar-refractivity contribution in [3.05, 3.63) is 22.6 Å². The number of likely N-dealkylation sites (N-methyl/N-ethyl adjacent to an activating group) is 1. The van der Waals surface area contributed by atoms with Gasteiger partial charge in [0.1, 0.15) is 6.10 Å². The SMILES string of the molecule is CNCC(C)Oc1ncc(Br)cc1F. The second kappa shape index (κ2) is 5.26. The topological polar surface area (TPSA) is 34.1 Å². The summed E-state index contributed by atoms with van der Waals surface area (Å²) in [5.74, 6) is -0.418. The van der Waals surface area contributed by atoms with E-state index in [1.807, 2.05) is 14.0 Å². The van der Waals surface area contributed by atoms with Crippen LogP contribution in [-0.4, -0.2) is 24.7 Å². The zero-order chi connectivity index (χ0) is 10.6. The third kappa shape index (κ3) is 3.23. The molecule has 1 aromatic rings. The summed E-state index contributed by atoms with van der Waals surface area (Å²) in [6.07, 6.45) is 1.40. The van der Waals surface area contributed by atoms with Crippen LogP contribution < -0.4 is 10.1 Å². The standard InChI is InChI=1S/C9H12BrFN2O/c1-6(4-12-2)14-9-8(11)3-7(10)5-13-9/h3,5-6,12H,4H2,1-2H3. The predicted molar refractivity (Wildman–Crippen MR) is 55.9 cm³/mol. The monoisotopic (exact) mass is 262 g/mol. The number of nitrogens with zero attached hydrogens (tertiary/aromatic N) is 1. The van der Waals surface area contributed by atoms with E-state index < -0.39 is 5.82 Å². The Morgan fingerprint density at radius 3 is 3.00 bits per heavy atom. The van der Waals surface area contributed by atoms with Crippen molar-refractivity contribution in [2.24, 2.45) is 0 Å². The summed E-state index contributed by atoms with van der Waals surface area (Å²) in [4.78, 5) is 3.83. The van der Waals surface area contributed by atoms with Crippen LogP contribution in [0.2, 0.25) is 0 Å². The first-order valence-corrected chi connectivity index (χ1v) is 5.05. The molecule has 1 atom stereocenters. The maximum Gasteiger partial charge on any atom is 0.250 e. The molecule has 0 saturated carbocycles. The molecule has 3 nitrogen and oxygen atoms in total. The normalized spacial score (nSPS) is 12.6. The van der Waals surface area contributed by atoms with Gasteiger partial charge in [-0.1, -0.05) is 0 Å². The van der Waals surface area contributed by atoms with Crippen LogP contribution in [0.3, 0.4) is 0 Å². The summed E-state index contributed by atoms with van der Waals surface area (Å²) in [5.41, 5.74) is 0. The summed E-state index contributed by atoms with van der Waals surface area (Å²) in [6, 6.07) is 1.33. The molecule has 1 heterocycles. The first-order valence-electron chi connectivity index (χ1n) is 4.25. The molecular weight excluding hydrogens is 251 g/mol. The molecular formula is C9H12BrFN2O. The molecule has 0 saturated heterocycles. The van der Waals surface area contributed by atoms with Gasteiger partial charge in [0, 0.05) is 17.2 Å². The van der Waals surface area contributed by atoms with E-state index in [9.17, 15) is 4.39 Å². The van der Waals surface area contributed by atoms with Gasteiger partial charge in [-0.15, -0.1) is 0 Å². The van der Waals surface area contributed by atoms with Crippen LogP contribution in [0.1, 0.15) is 6.92 Å². The minimum absolute atomic E-state index is 0.0379. The van der Waals surface area contributed by atoms with Crippen LogP contribution in [0.25, 0.3) is 0 Å². The van der Waals surface area contributed by atoms with Crippen molar-refractivity contribution in [1.29, 1.82) is 0 Å². The Labute approximate surface area is 90.8 Å². The average Bonchev–Trinajstić information content (AvgIpc) is 2.10. The van der Waals surface area contributed by atoms with Gasteiger partial charge in [0.15, 0.2) is 5.82 Å². The highest BCUT2D eigenvalue weighted by atomic mass is 79.9. The number of ether oxygens (including phenoxy) is 1. The second-order valence-corrected chi connectivity index (χ2v) is 3.84. The smallest absolute Gasteiger partial charge is 0.250 e. The lowest BCUT2D eigenvalue weighted by Gasteiger charge is -2.13. The van der Waals surface area contributed by atoms with Crippen LogP contribution in [0.5, 0.6) is 5.88 Å². The van der Waals surface area contributed by atoms with E-state index in [0.717, 1.165) is 0 Å². The highest BCUT2D eigenvalue weighted by Crippen LogP contribution is 2.18. The molecule has 1 aromatic heterocycles. The van der Waals surface area contributed by atoms with Crippen LogP contribution >= 0.6 is 15.9 Å². The molecule has 0 radical (unpaired) electrons. The third-order valence-corrected chi connectivity index (χ3v) is 2.01. The molecule has 5 heteroatoms. The molecule has 0 aliphatic carbocycles. The van der Waals surface area contributed by atoms with E-state index in [2.05, 4.69) is 26.2 Å². The van der Waals surface area contributed by atoms with Crippen molar-refractivity contribution < 1.29 is 9.13 Å². The molecule has 0 aromatic carbocycles. The molecule has 0 amide bonds. The summed E-state index contributed by atoms with van der Waals surface area (Å²) in [7, 11) is 1.81. The lowest BCUT2D eigenvalue weighted by atomic mass is 10.4. The van der Waals surface area contributed by atoms with Gasteiger partial charge in [-0.05, 0) is 36.0 Å². The number of rotatable bonds is 4. The molecule has 0 bridgehead atoms. The molecule has 0 spiro atoms. The largest absolute Gasteiger partial charge is 0.471 e. The summed E-state index contributed by atoms with van der Waals surface area (Å²) in [6.45, 7) is 2.50. The van der Waals surface area contributed by atoms with E-state index in [0.29, 0.717) is 11.0 Å². The van der Waals surface area contributed by atoms with Gasteiger partial charge < -0.3 is 10.1 Å². The van der Waals surface area contributed by atoms with Crippen LogP contribution in [0.4, 0.5) is 4.39 Å². The number of aromatic nitrogens is 1. The zero-order valence-electron chi connectivity index (χ0n) is 8.05. The van der Waals surface area contributed by atoms with Crippen molar-refractivity contribution in [3.63, 3.8) is 0 Å². The van der Waals surface area contributed by atoms with Gasteiger partial charge in [0.05, 0.1) is 0 Å². The van der Waals surface area contributed by atoms with Gasteiger partial charge in [-0.25, -0.2) is 9.37 Å². The summed E-state index contributed by atoms with van der Waals surface area (Å²) >= 11 is 3.12. The summed E-state index contributed by atoms with van der Waals surface area (Å²) in [5, 5.41) is 2.93. The van der Waals surface area contributed by atoms with E-state index in [-0.39, 0.29) is 12.0 Å². The van der Waals surface area contributed by atoms with Gasteiger partial charge >= 0.3 is 0 Å².